The second-order valence-corrected chi connectivity index (χ2v) is 4.32. The van der Waals surface area contributed by atoms with Crippen molar-refractivity contribution in [2.45, 2.75) is 44.4 Å². The summed E-state index contributed by atoms with van der Waals surface area (Å²) in [5, 5.41) is 1.82. The Morgan fingerprint density at radius 2 is 2.00 bits per heavy atom. The normalized spacial score (nSPS) is 26.9. The summed E-state index contributed by atoms with van der Waals surface area (Å²) < 4.78 is 51.5. The van der Waals surface area contributed by atoms with Crippen LogP contribution in [0.5, 0.6) is 0 Å². The van der Waals surface area contributed by atoms with Crippen molar-refractivity contribution >= 4 is 11.9 Å². The molecule has 1 rings (SSSR count). The molecule has 1 aliphatic heterocycles. The molecule has 0 saturated carbocycles. The van der Waals surface area contributed by atoms with E-state index in [1.807, 2.05) is 5.32 Å². The molecule has 1 saturated heterocycles. The Labute approximate surface area is 113 Å². The molecule has 3 atom stereocenters. The van der Waals surface area contributed by atoms with Gasteiger partial charge in [0, 0.05) is 14.0 Å². The van der Waals surface area contributed by atoms with Gasteiger partial charge in [0.25, 0.3) is 0 Å². The van der Waals surface area contributed by atoms with E-state index in [1.54, 1.807) is 0 Å². The first kappa shape index (κ1) is 16.7. The maximum atomic E-state index is 12.2. The molecule has 20 heavy (non-hydrogen) atoms. The summed E-state index contributed by atoms with van der Waals surface area (Å²) in [6.07, 6.45) is -5.87. The fraction of sp³-hybridized carbons (Fsp3) is 0.818. The quantitative estimate of drug-likeness (QED) is 0.775. The fourth-order valence-electron chi connectivity index (χ4n) is 1.80. The standard InChI is InChI=1S/C11H16F3NO5/c1-6(16)19-5-7-3-4-8(9(18-2)20-7)15-10(17)11(12,13)14/h7-9H,3-5H2,1-2H3,(H,15,17)/t7-,8+,9+/m0/s1. The largest absolute Gasteiger partial charge is 0.471 e. The zero-order valence-corrected chi connectivity index (χ0v) is 11.0. The topological polar surface area (TPSA) is 73.9 Å². The van der Waals surface area contributed by atoms with Crippen molar-refractivity contribution in [1.29, 1.82) is 0 Å². The second kappa shape index (κ2) is 6.89. The summed E-state index contributed by atoms with van der Waals surface area (Å²) in [4.78, 5) is 21.5. The van der Waals surface area contributed by atoms with Crippen molar-refractivity contribution in [3.8, 4) is 0 Å². The maximum Gasteiger partial charge on any atom is 0.471 e. The van der Waals surface area contributed by atoms with E-state index in [4.69, 9.17) is 14.2 Å². The van der Waals surface area contributed by atoms with Gasteiger partial charge in [-0.2, -0.15) is 13.2 Å². The van der Waals surface area contributed by atoms with Crippen molar-refractivity contribution in [3.63, 3.8) is 0 Å². The highest BCUT2D eigenvalue weighted by Crippen LogP contribution is 2.22. The molecule has 0 aromatic rings. The van der Waals surface area contributed by atoms with Gasteiger partial charge in [0.15, 0.2) is 6.29 Å². The van der Waals surface area contributed by atoms with Crippen molar-refractivity contribution in [2.24, 2.45) is 0 Å². The number of carbonyl (C=O) groups excluding carboxylic acids is 2. The number of ether oxygens (including phenoxy) is 3. The highest BCUT2D eigenvalue weighted by molar-refractivity contribution is 5.82. The van der Waals surface area contributed by atoms with Gasteiger partial charge in [0.2, 0.25) is 0 Å². The first-order valence-electron chi connectivity index (χ1n) is 5.93. The minimum absolute atomic E-state index is 0.00483. The zero-order chi connectivity index (χ0) is 15.3. The van der Waals surface area contributed by atoms with E-state index >= 15 is 0 Å². The highest BCUT2D eigenvalue weighted by atomic mass is 19.4. The number of hydrogen-bond acceptors (Lipinski definition) is 5. The monoisotopic (exact) mass is 299 g/mol. The van der Waals surface area contributed by atoms with Crippen LogP contribution in [-0.2, 0) is 23.8 Å². The molecule has 6 nitrogen and oxygen atoms in total. The molecule has 0 aromatic carbocycles. The Kier molecular flexibility index (Phi) is 5.75. The molecule has 1 aliphatic rings. The van der Waals surface area contributed by atoms with Gasteiger partial charge >= 0.3 is 18.1 Å². The minimum atomic E-state index is -4.95. The maximum absolute atomic E-state index is 12.2. The van der Waals surface area contributed by atoms with Crippen LogP contribution in [0.4, 0.5) is 13.2 Å². The van der Waals surface area contributed by atoms with Crippen LogP contribution in [-0.4, -0.2) is 50.2 Å². The Bertz CT molecular complexity index is 360. The molecular formula is C11H16F3NO5. The van der Waals surface area contributed by atoms with Gasteiger partial charge in [-0.05, 0) is 12.8 Å². The molecule has 0 unspecified atom stereocenters. The number of esters is 1. The Morgan fingerprint density at radius 1 is 1.35 bits per heavy atom. The molecular weight excluding hydrogens is 283 g/mol. The lowest BCUT2D eigenvalue weighted by Crippen LogP contribution is -2.53. The average molecular weight is 299 g/mol. The third-order valence-electron chi connectivity index (χ3n) is 2.73. The van der Waals surface area contributed by atoms with Crippen LogP contribution >= 0.6 is 0 Å². The van der Waals surface area contributed by atoms with Gasteiger partial charge in [-0.25, -0.2) is 0 Å². The van der Waals surface area contributed by atoms with E-state index in [1.165, 1.54) is 14.0 Å². The van der Waals surface area contributed by atoms with Crippen LogP contribution in [0.2, 0.25) is 0 Å². The van der Waals surface area contributed by atoms with Gasteiger partial charge in [0.05, 0.1) is 12.1 Å². The van der Waals surface area contributed by atoms with Crippen molar-refractivity contribution in [2.75, 3.05) is 13.7 Å². The Hall–Kier alpha value is -1.35. The highest BCUT2D eigenvalue weighted by Gasteiger charge is 2.42. The van der Waals surface area contributed by atoms with Crippen LogP contribution in [0.25, 0.3) is 0 Å². The summed E-state index contributed by atoms with van der Waals surface area (Å²) in [5.74, 6) is -2.51. The van der Waals surface area contributed by atoms with Crippen LogP contribution < -0.4 is 5.32 Å². The first-order chi connectivity index (χ1) is 9.24. The second-order valence-electron chi connectivity index (χ2n) is 4.32. The molecule has 1 amide bonds. The Morgan fingerprint density at radius 3 is 2.50 bits per heavy atom. The van der Waals surface area contributed by atoms with Gasteiger partial charge in [-0.15, -0.1) is 0 Å². The van der Waals surface area contributed by atoms with Gasteiger partial charge in [0.1, 0.15) is 6.61 Å². The molecule has 116 valence electrons. The van der Waals surface area contributed by atoms with Crippen LogP contribution in [0.1, 0.15) is 19.8 Å². The summed E-state index contributed by atoms with van der Waals surface area (Å²) in [6, 6.07) is -0.900. The molecule has 1 N–H and O–H groups in total. The van der Waals surface area contributed by atoms with E-state index in [-0.39, 0.29) is 13.0 Å². The molecule has 0 aliphatic carbocycles. The molecule has 1 heterocycles. The van der Waals surface area contributed by atoms with Crippen LogP contribution in [0.15, 0.2) is 0 Å². The predicted octanol–water partition coefficient (Wildman–Crippen LogP) is 0.748. The van der Waals surface area contributed by atoms with Gasteiger partial charge < -0.3 is 19.5 Å². The number of hydrogen-bond donors (Lipinski definition) is 1. The summed E-state index contributed by atoms with van der Waals surface area (Å²) in [7, 11) is 1.26. The number of rotatable bonds is 4. The smallest absolute Gasteiger partial charge is 0.463 e. The molecule has 9 heteroatoms. The lowest BCUT2D eigenvalue weighted by molar-refractivity contribution is -0.212. The molecule has 0 spiro atoms. The zero-order valence-electron chi connectivity index (χ0n) is 11.0. The third-order valence-corrected chi connectivity index (χ3v) is 2.73. The summed E-state index contributed by atoms with van der Waals surface area (Å²) >= 11 is 0. The molecule has 0 aromatic heterocycles. The van der Waals surface area contributed by atoms with E-state index in [0.29, 0.717) is 6.42 Å². The van der Waals surface area contributed by atoms with Crippen molar-refractivity contribution < 1.29 is 37.0 Å². The van der Waals surface area contributed by atoms with E-state index in [0.717, 1.165) is 0 Å². The first-order valence-corrected chi connectivity index (χ1v) is 5.93. The SMILES string of the molecule is CO[C@@H]1O[C@H](COC(C)=O)CC[C@H]1NC(=O)C(F)(F)F. The average Bonchev–Trinajstić information content (AvgIpc) is 2.36. The molecule has 0 bridgehead atoms. The number of amides is 1. The molecule has 1 fully saturated rings. The van der Waals surface area contributed by atoms with E-state index in [2.05, 4.69) is 0 Å². The predicted molar refractivity (Wildman–Crippen MR) is 59.5 cm³/mol. The van der Waals surface area contributed by atoms with E-state index < -0.39 is 36.5 Å². The van der Waals surface area contributed by atoms with Crippen LogP contribution in [0, 0.1) is 0 Å². The summed E-state index contributed by atoms with van der Waals surface area (Å²) in [5.41, 5.74) is 0. The van der Waals surface area contributed by atoms with Crippen molar-refractivity contribution in [1.82, 2.24) is 5.32 Å². The lowest BCUT2D eigenvalue weighted by atomic mass is 10.0. The summed E-state index contributed by atoms with van der Waals surface area (Å²) in [6.45, 7) is 1.23. The van der Waals surface area contributed by atoms with Crippen LogP contribution in [0.3, 0.4) is 0 Å². The third kappa shape index (κ3) is 4.97. The molecule has 0 radical (unpaired) electrons. The lowest BCUT2D eigenvalue weighted by Gasteiger charge is -2.35. The van der Waals surface area contributed by atoms with E-state index in [9.17, 15) is 22.8 Å². The Balaban J connectivity index is 2.52. The number of nitrogens with one attached hydrogen (secondary N) is 1. The minimum Gasteiger partial charge on any atom is -0.463 e. The van der Waals surface area contributed by atoms with Gasteiger partial charge in [-0.1, -0.05) is 0 Å². The number of halogens is 3. The van der Waals surface area contributed by atoms with Crippen molar-refractivity contribution in [3.05, 3.63) is 0 Å². The fourth-order valence-corrected chi connectivity index (χ4v) is 1.80. The number of methoxy groups -OCH3 is 1. The van der Waals surface area contributed by atoms with Gasteiger partial charge in [-0.3, -0.25) is 9.59 Å². The number of alkyl halides is 3. The number of carbonyl (C=O) groups is 2.